The summed E-state index contributed by atoms with van der Waals surface area (Å²) in [7, 11) is 2.04. The van der Waals surface area contributed by atoms with Crippen LogP contribution in [0.15, 0.2) is 0 Å². The fraction of sp³-hybridized carbons (Fsp3) is 1.00. The van der Waals surface area contributed by atoms with Gasteiger partial charge in [0, 0.05) is 12.1 Å². The molecule has 0 aliphatic carbocycles. The molecule has 0 aromatic carbocycles. The number of hydrogen-bond donors (Lipinski definition) is 2. The molecule has 0 aromatic rings. The molecule has 64 valence electrons. The lowest BCUT2D eigenvalue weighted by molar-refractivity contribution is 0.0282. The third kappa shape index (κ3) is 1.08. The van der Waals surface area contributed by atoms with Crippen molar-refractivity contribution in [2.24, 2.45) is 0 Å². The number of hydrogen-bond acceptors (Lipinski definition) is 3. The Morgan fingerprint density at radius 3 is 2.55 bits per heavy atom. The highest BCUT2D eigenvalue weighted by Crippen LogP contribution is 2.34. The third-order valence-corrected chi connectivity index (χ3v) is 3.11. The molecule has 0 radical (unpaired) electrons. The maximum atomic E-state index is 9.53. The normalized spacial score (nSPS) is 51.5. The maximum absolute atomic E-state index is 9.53. The molecule has 2 saturated heterocycles. The molecule has 0 amide bonds. The quantitative estimate of drug-likeness (QED) is 0.501. The summed E-state index contributed by atoms with van der Waals surface area (Å²) < 4.78 is 0. The fourth-order valence-electron chi connectivity index (χ4n) is 2.42. The number of nitrogens with zero attached hydrogens (tertiary/aromatic N) is 1. The number of aliphatic hydroxyl groups excluding tert-OH is 2. The number of rotatable bonds is 0. The van der Waals surface area contributed by atoms with Gasteiger partial charge in [-0.05, 0) is 26.3 Å². The third-order valence-electron chi connectivity index (χ3n) is 3.11. The van der Waals surface area contributed by atoms with Crippen molar-refractivity contribution in [3.63, 3.8) is 0 Å². The van der Waals surface area contributed by atoms with E-state index >= 15 is 0 Å². The van der Waals surface area contributed by atoms with E-state index in [-0.39, 0.29) is 18.2 Å². The molecule has 2 N–H and O–H groups in total. The standard InChI is InChI=1S/C8H15NO2/c1-9-5-2-6(10)4-7(9)8(11)3-5/h5-8,10-11H,2-4H2,1H3/t5-,6-,7+,8?/m1/s1. The second kappa shape index (κ2) is 2.44. The zero-order valence-electron chi connectivity index (χ0n) is 6.77. The van der Waals surface area contributed by atoms with Crippen LogP contribution in [0.25, 0.3) is 0 Å². The summed E-state index contributed by atoms with van der Waals surface area (Å²) in [5, 5.41) is 18.9. The average molecular weight is 157 g/mol. The number of piperidine rings is 1. The molecular formula is C8H15NO2. The van der Waals surface area contributed by atoms with Crippen molar-refractivity contribution in [2.45, 2.75) is 43.6 Å². The summed E-state index contributed by atoms with van der Waals surface area (Å²) in [4.78, 5) is 2.21. The minimum Gasteiger partial charge on any atom is -0.393 e. The van der Waals surface area contributed by atoms with Crippen LogP contribution in [0.3, 0.4) is 0 Å². The Balaban J connectivity index is 2.14. The molecule has 2 fully saturated rings. The SMILES string of the molecule is CN1[C@H]2CC(O)[C@@H]1C[C@H](O)C2. The Morgan fingerprint density at radius 1 is 1.18 bits per heavy atom. The summed E-state index contributed by atoms with van der Waals surface area (Å²) in [6, 6.07) is 0.627. The fourth-order valence-corrected chi connectivity index (χ4v) is 2.42. The molecule has 2 aliphatic rings. The van der Waals surface area contributed by atoms with Crippen molar-refractivity contribution in [1.82, 2.24) is 4.90 Å². The summed E-state index contributed by atoms with van der Waals surface area (Å²) in [6.07, 6.45) is 2.04. The zero-order chi connectivity index (χ0) is 8.01. The van der Waals surface area contributed by atoms with Crippen molar-refractivity contribution in [3.05, 3.63) is 0 Å². The molecule has 1 unspecified atom stereocenters. The highest BCUT2D eigenvalue weighted by molar-refractivity contribution is 4.98. The van der Waals surface area contributed by atoms with E-state index in [9.17, 15) is 10.2 Å². The van der Waals surface area contributed by atoms with Gasteiger partial charge in [-0.25, -0.2) is 0 Å². The van der Waals surface area contributed by atoms with Crippen LogP contribution < -0.4 is 0 Å². The highest BCUT2D eigenvalue weighted by Gasteiger charge is 2.43. The summed E-state index contributed by atoms with van der Waals surface area (Å²) in [5.41, 5.74) is 0. The molecule has 0 spiro atoms. The van der Waals surface area contributed by atoms with Crippen LogP contribution in [0.5, 0.6) is 0 Å². The van der Waals surface area contributed by atoms with E-state index in [4.69, 9.17) is 0 Å². The molecule has 11 heavy (non-hydrogen) atoms. The van der Waals surface area contributed by atoms with Gasteiger partial charge < -0.3 is 10.2 Å². The predicted octanol–water partition coefficient (Wildman–Crippen LogP) is -0.425. The van der Waals surface area contributed by atoms with Gasteiger partial charge in [-0.3, -0.25) is 4.90 Å². The summed E-state index contributed by atoms with van der Waals surface area (Å²) in [6.45, 7) is 0. The lowest BCUT2D eigenvalue weighted by Gasteiger charge is -2.34. The van der Waals surface area contributed by atoms with Crippen molar-refractivity contribution >= 4 is 0 Å². The summed E-state index contributed by atoms with van der Waals surface area (Å²) in [5.74, 6) is 0. The molecule has 3 heteroatoms. The minimum atomic E-state index is -0.206. The van der Waals surface area contributed by atoms with Gasteiger partial charge in [0.05, 0.1) is 12.2 Å². The van der Waals surface area contributed by atoms with E-state index in [1.165, 1.54) is 0 Å². The first-order valence-electron chi connectivity index (χ1n) is 4.26. The monoisotopic (exact) mass is 157 g/mol. The Morgan fingerprint density at radius 2 is 1.91 bits per heavy atom. The first-order valence-corrected chi connectivity index (χ1v) is 4.26. The topological polar surface area (TPSA) is 43.7 Å². The van der Waals surface area contributed by atoms with Crippen molar-refractivity contribution < 1.29 is 10.2 Å². The van der Waals surface area contributed by atoms with Crippen LogP contribution in [0.2, 0.25) is 0 Å². The predicted molar refractivity (Wildman–Crippen MR) is 41.2 cm³/mol. The zero-order valence-corrected chi connectivity index (χ0v) is 6.77. The van der Waals surface area contributed by atoms with Crippen LogP contribution in [-0.2, 0) is 0 Å². The van der Waals surface area contributed by atoms with Crippen LogP contribution in [-0.4, -0.2) is 46.5 Å². The van der Waals surface area contributed by atoms with E-state index in [0.717, 1.165) is 19.3 Å². The Labute approximate surface area is 66.6 Å². The molecule has 4 atom stereocenters. The Kier molecular flexibility index (Phi) is 1.67. The van der Waals surface area contributed by atoms with Crippen molar-refractivity contribution in [3.8, 4) is 0 Å². The number of fused-ring (bicyclic) bond motifs is 2. The van der Waals surface area contributed by atoms with Gasteiger partial charge in [-0.1, -0.05) is 0 Å². The Hall–Kier alpha value is -0.120. The molecule has 2 aliphatic heterocycles. The molecular weight excluding hydrogens is 142 g/mol. The lowest BCUT2D eigenvalue weighted by atomic mass is 10.0. The van der Waals surface area contributed by atoms with Crippen LogP contribution in [0.4, 0.5) is 0 Å². The first-order chi connectivity index (χ1) is 5.18. The minimum absolute atomic E-state index is 0.182. The largest absolute Gasteiger partial charge is 0.393 e. The van der Waals surface area contributed by atoms with Crippen LogP contribution in [0, 0.1) is 0 Å². The number of aliphatic hydroxyl groups is 2. The first kappa shape index (κ1) is 7.53. The van der Waals surface area contributed by atoms with E-state index in [0.29, 0.717) is 6.04 Å². The molecule has 3 nitrogen and oxygen atoms in total. The van der Waals surface area contributed by atoms with Gasteiger partial charge in [0.1, 0.15) is 0 Å². The molecule has 2 rings (SSSR count). The maximum Gasteiger partial charge on any atom is 0.0711 e. The Bertz CT molecular complexity index is 160. The highest BCUT2D eigenvalue weighted by atomic mass is 16.3. The van der Waals surface area contributed by atoms with Crippen molar-refractivity contribution in [2.75, 3.05) is 7.05 Å². The van der Waals surface area contributed by atoms with E-state index < -0.39 is 0 Å². The van der Waals surface area contributed by atoms with Crippen molar-refractivity contribution in [1.29, 1.82) is 0 Å². The molecule has 2 bridgehead atoms. The van der Waals surface area contributed by atoms with Gasteiger partial charge in [0.15, 0.2) is 0 Å². The van der Waals surface area contributed by atoms with Gasteiger partial charge in [0.2, 0.25) is 0 Å². The number of likely N-dealkylation sites (N-methyl/N-ethyl adjacent to an activating group) is 1. The lowest BCUT2D eigenvalue weighted by Crippen LogP contribution is -2.44. The molecule has 2 heterocycles. The van der Waals surface area contributed by atoms with E-state index in [1.807, 2.05) is 7.05 Å². The van der Waals surface area contributed by atoms with Gasteiger partial charge in [0.25, 0.3) is 0 Å². The van der Waals surface area contributed by atoms with Gasteiger partial charge in [-0.15, -0.1) is 0 Å². The average Bonchev–Trinajstić information content (AvgIpc) is 2.17. The smallest absolute Gasteiger partial charge is 0.0711 e. The van der Waals surface area contributed by atoms with E-state index in [1.54, 1.807) is 0 Å². The summed E-state index contributed by atoms with van der Waals surface area (Å²) >= 11 is 0. The second-order valence-corrected chi connectivity index (χ2v) is 3.81. The van der Waals surface area contributed by atoms with E-state index in [2.05, 4.69) is 4.90 Å². The van der Waals surface area contributed by atoms with Gasteiger partial charge >= 0.3 is 0 Å². The van der Waals surface area contributed by atoms with Crippen LogP contribution >= 0.6 is 0 Å². The van der Waals surface area contributed by atoms with Gasteiger partial charge in [-0.2, -0.15) is 0 Å². The molecule has 0 saturated carbocycles. The molecule has 0 aromatic heterocycles. The second-order valence-electron chi connectivity index (χ2n) is 3.81. The van der Waals surface area contributed by atoms with Crippen LogP contribution in [0.1, 0.15) is 19.3 Å².